The molecule has 1 aromatic carbocycles. The molecular weight excluding hydrogens is 348 g/mol. The van der Waals surface area contributed by atoms with Gasteiger partial charge in [0, 0.05) is 48.7 Å². The summed E-state index contributed by atoms with van der Waals surface area (Å²) in [6, 6.07) is 6.45. The lowest BCUT2D eigenvalue weighted by atomic mass is 10.1. The van der Waals surface area contributed by atoms with Gasteiger partial charge < -0.3 is 31.3 Å². The Morgan fingerprint density at radius 3 is 1.71 bits per heavy atom. The number of rotatable bonds is 11. The number of ether oxygens (including phenoxy) is 1. The fraction of sp³-hybridized carbons (Fsp3) is 0.600. The van der Waals surface area contributed by atoms with E-state index in [1.807, 2.05) is 18.2 Å². The zero-order chi connectivity index (χ0) is 18.2. The molecule has 0 radical (unpaired) electrons. The van der Waals surface area contributed by atoms with Crippen LogP contribution in [0.5, 0.6) is 5.75 Å². The summed E-state index contributed by atoms with van der Waals surface area (Å²) in [7, 11) is 5.49. The van der Waals surface area contributed by atoms with Gasteiger partial charge in [-0.1, -0.05) is 18.2 Å². The number of para-hydroxylation sites is 1. The molecule has 24 heavy (non-hydrogen) atoms. The van der Waals surface area contributed by atoms with Crippen LogP contribution in [0.4, 0.5) is 0 Å². The van der Waals surface area contributed by atoms with E-state index in [1.165, 1.54) is 0 Å². The van der Waals surface area contributed by atoms with Crippen LogP contribution in [-0.4, -0.2) is 67.4 Å². The second-order valence-electron chi connectivity index (χ2n) is 4.96. The second kappa shape index (κ2) is 9.63. The summed E-state index contributed by atoms with van der Waals surface area (Å²) in [6.45, 7) is 0. The van der Waals surface area contributed by atoms with Crippen LogP contribution in [0.2, 0.25) is 6.04 Å². The fourth-order valence-electron chi connectivity index (χ4n) is 2.69. The molecule has 0 aliphatic heterocycles. The highest BCUT2D eigenvalue weighted by Gasteiger charge is 2.44. The highest BCUT2D eigenvalue weighted by atomic mass is 28.4. The average molecular weight is 377 g/mol. The second-order valence-corrected chi connectivity index (χ2v) is 10.9. The molecular formula is C15H28O7Si2. The van der Waals surface area contributed by atoms with Crippen LogP contribution in [0.1, 0.15) is 5.56 Å². The number of benzene rings is 1. The lowest BCUT2D eigenvalue weighted by Crippen LogP contribution is -2.55. The number of hydrogen-bond acceptors (Lipinski definition) is 7. The van der Waals surface area contributed by atoms with Gasteiger partial charge in [0.05, 0.1) is 12.3 Å². The lowest BCUT2D eigenvalue weighted by Gasteiger charge is -2.28. The van der Waals surface area contributed by atoms with E-state index in [4.69, 9.17) is 31.3 Å². The van der Waals surface area contributed by atoms with Crippen molar-refractivity contribution in [3.8, 4) is 5.75 Å². The molecule has 0 aliphatic rings. The van der Waals surface area contributed by atoms with E-state index in [9.17, 15) is 0 Å². The van der Waals surface area contributed by atoms with E-state index in [2.05, 4.69) is 0 Å². The molecule has 1 rings (SSSR count). The molecule has 138 valence electrons. The fourth-order valence-corrected chi connectivity index (χ4v) is 6.38. The molecule has 0 atom stereocenters. The molecule has 0 heterocycles. The van der Waals surface area contributed by atoms with Gasteiger partial charge in [-0.15, -0.1) is 0 Å². The van der Waals surface area contributed by atoms with Crippen LogP contribution in [0.25, 0.3) is 0 Å². The maximum absolute atomic E-state index is 5.64. The van der Waals surface area contributed by atoms with E-state index in [1.54, 1.807) is 49.8 Å². The maximum atomic E-state index is 5.64. The van der Waals surface area contributed by atoms with Crippen molar-refractivity contribution in [2.45, 2.75) is 12.5 Å². The third kappa shape index (κ3) is 4.24. The Hall–Kier alpha value is -0.786. The standard InChI is InChI=1S/C15H28O7Si2/c1-16-15-13(11-12-23(17-2,18-3)19-4)9-8-10-14(15)24(20-5,21-6)22-7/h8-10H,11-12H2,1-7H3. The first-order valence-electron chi connectivity index (χ1n) is 7.49. The molecule has 0 fully saturated rings. The van der Waals surface area contributed by atoms with Gasteiger partial charge in [0.2, 0.25) is 0 Å². The minimum atomic E-state index is -3.00. The molecule has 0 saturated carbocycles. The topological polar surface area (TPSA) is 64.6 Å². The minimum absolute atomic E-state index is 0.623. The molecule has 0 aliphatic carbocycles. The summed E-state index contributed by atoms with van der Waals surface area (Å²) in [4.78, 5) is 0. The zero-order valence-electron chi connectivity index (χ0n) is 15.5. The quantitative estimate of drug-likeness (QED) is 0.538. The molecule has 0 amide bonds. The van der Waals surface area contributed by atoms with Crippen molar-refractivity contribution in [2.24, 2.45) is 0 Å². The molecule has 0 spiro atoms. The van der Waals surface area contributed by atoms with Crippen molar-refractivity contribution in [3.05, 3.63) is 23.8 Å². The first kappa shape index (κ1) is 21.3. The number of hydrogen-bond donors (Lipinski definition) is 0. The summed E-state index contributed by atoms with van der Waals surface area (Å²) in [5.41, 5.74) is 0.987. The van der Waals surface area contributed by atoms with Gasteiger partial charge in [-0.3, -0.25) is 0 Å². The van der Waals surface area contributed by atoms with Gasteiger partial charge in [0.1, 0.15) is 5.75 Å². The highest BCUT2D eigenvalue weighted by Crippen LogP contribution is 2.25. The molecule has 0 bridgehead atoms. The summed E-state index contributed by atoms with van der Waals surface area (Å²) in [6.07, 6.45) is 0.667. The van der Waals surface area contributed by atoms with Crippen molar-refractivity contribution in [1.82, 2.24) is 0 Å². The summed E-state index contributed by atoms with van der Waals surface area (Å²) < 4.78 is 38.8. The molecule has 0 unspecified atom stereocenters. The van der Waals surface area contributed by atoms with Gasteiger partial charge in [0.25, 0.3) is 0 Å². The predicted molar refractivity (Wildman–Crippen MR) is 94.7 cm³/mol. The van der Waals surface area contributed by atoms with Gasteiger partial charge in [0.15, 0.2) is 0 Å². The summed E-state index contributed by atoms with van der Waals surface area (Å²) >= 11 is 0. The largest absolute Gasteiger partial charge is 0.540 e. The molecule has 0 N–H and O–H groups in total. The molecule has 1 aromatic rings. The highest BCUT2D eigenvalue weighted by molar-refractivity contribution is 6.76. The van der Waals surface area contributed by atoms with Gasteiger partial charge in [-0.2, -0.15) is 0 Å². The Morgan fingerprint density at radius 1 is 0.750 bits per heavy atom. The first-order valence-corrected chi connectivity index (χ1v) is 11.1. The van der Waals surface area contributed by atoms with Crippen molar-refractivity contribution in [3.63, 3.8) is 0 Å². The van der Waals surface area contributed by atoms with E-state index >= 15 is 0 Å². The first-order chi connectivity index (χ1) is 11.5. The Balaban J connectivity index is 3.21. The Bertz CT molecular complexity index is 488. The van der Waals surface area contributed by atoms with Crippen molar-refractivity contribution in [2.75, 3.05) is 49.8 Å². The third-order valence-corrected chi connectivity index (χ3v) is 9.46. The van der Waals surface area contributed by atoms with E-state index < -0.39 is 17.6 Å². The summed E-state index contributed by atoms with van der Waals surface area (Å²) in [5, 5.41) is 0.787. The van der Waals surface area contributed by atoms with Crippen molar-refractivity contribution >= 4 is 22.8 Å². The minimum Gasteiger partial charge on any atom is -0.496 e. The van der Waals surface area contributed by atoms with Crippen LogP contribution in [0.15, 0.2) is 18.2 Å². The third-order valence-electron chi connectivity index (χ3n) is 4.07. The Kier molecular flexibility index (Phi) is 8.53. The van der Waals surface area contributed by atoms with Gasteiger partial charge >= 0.3 is 17.6 Å². The van der Waals surface area contributed by atoms with Gasteiger partial charge in [-0.05, 0) is 12.0 Å². The monoisotopic (exact) mass is 376 g/mol. The van der Waals surface area contributed by atoms with Gasteiger partial charge in [-0.25, -0.2) is 0 Å². The smallest absolute Gasteiger partial charge is 0.496 e. The Labute approximate surface area is 146 Å². The summed E-state index contributed by atoms with van der Waals surface area (Å²) in [5.74, 6) is 0.695. The van der Waals surface area contributed by atoms with E-state index in [0.29, 0.717) is 18.2 Å². The molecule has 0 aromatic heterocycles. The van der Waals surface area contributed by atoms with Crippen molar-refractivity contribution in [1.29, 1.82) is 0 Å². The number of aryl methyl sites for hydroxylation is 1. The SMILES string of the molecule is COc1c(CC[Si](OC)(OC)OC)cccc1[Si](OC)(OC)OC. The average Bonchev–Trinajstić information content (AvgIpc) is 2.65. The van der Waals surface area contributed by atoms with E-state index in [0.717, 1.165) is 10.8 Å². The van der Waals surface area contributed by atoms with Crippen LogP contribution in [0.3, 0.4) is 0 Å². The zero-order valence-corrected chi connectivity index (χ0v) is 17.5. The molecule has 0 saturated heterocycles. The van der Waals surface area contributed by atoms with Crippen LogP contribution in [0, 0.1) is 0 Å². The molecule has 7 nitrogen and oxygen atoms in total. The van der Waals surface area contributed by atoms with Crippen LogP contribution < -0.4 is 9.92 Å². The maximum Gasteiger partial charge on any atom is 0.540 e. The molecule has 9 heteroatoms. The lowest BCUT2D eigenvalue weighted by molar-refractivity contribution is 0.123. The van der Waals surface area contributed by atoms with E-state index in [-0.39, 0.29) is 0 Å². The van der Waals surface area contributed by atoms with Crippen LogP contribution >= 0.6 is 0 Å². The van der Waals surface area contributed by atoms with Crippen LogP contribution in [-0.2, 0) is 33.0 Å². The Morgan fingerprint density at radius 2 is 1.29 bits per heavy atom. The predicted octanol–water partition coefficient (Wildman–Crippen LogP) is 1.20. The normalized spacial score (nSPS) is 12.5. The van der Waals surface area contributed by atoms with Crippen molar-refractivity contribution < 1.29 is 31.3 Å². The number of methoxy groups -OCH3 is 1.